The quantitative estimate of drug-likeness (QED) is 0.823. The summed E-state index contributed by atoms with van der Waals surface area (Å²) in [6.07, 6.45) is 0.639. The van der Waals surface area contributed by atoms with Gasteiger partial charge in [0.05, 0.1) is 24.5 Å². The molecule has 0 aromatic heterocycles. The molecule has 1 heterocycles. The molecule has 0 amide bonds. The molecule has 4 nitrogen and oxygen atoms in total. The van der Waals surface area contributed by atoms with Crippen molar-refractivity contribution in [1.29, 1.82) is 0 Å². The number of rotatable bonds is 2. The molecular formula is C18H18ClNO3S. The zero-order chi connectivity index (χ0) is 16.7. The van der Waals surface area contributed by atoms with E-state index in [0.29, 0.717) is 11.6 Å². The minimum atomic E-state index is -3.39. The molecule has 2 aromatic carbocycles. The van der Waals surface area contributed by atoms with E-state index in [1.165, 1.54) is 5.56 Å². The summed E-state index contributed by atoms with van der Waals surface area (Å²) in [4.78, 5) is 0. The average Bonchev–Trinajstić information content (AvgIpc) is 2.86. The van der Waals surface area contributed by atoms with E-state index >= 15 is 0 Å². The third kappa shape index (κ3) is 2.86. The maximum absolute atomic E-state index is 12.8. The van der Waals surface area contributed by atoms with E-state index < -0.39 is 10.0 Å². The Kier molecular flexibility index (Phi) is 4.12. The molecule has 24 heavy (non-hydrogen) atoms. The van der Waals surface area contributed by atoms with E-state index in [2.05, 4.69) is 6.07 Å². The predicted molar refractivity (Wildman–Crippen MR) is 93.4 cm³/mol. The summed E-state index contributed by atoms with van der Waals surface area (Å²) in [6, 6.07) is 15.1. The Morgan fingerprint density at radius 3 is 2.67 bits per heavy atom. The fourth-order valence-corrected chi connectivity index (χ4v) is 5.20. The number of benzene rings is 2. The number of ether oxygens (including phenoxy) is 1. The minimum absolute atomic E-state index is 0.0236. The van der Waals surface area contributed by atoms with Crippen molar-refractivity contribution >= 4 is 21.6 Å². The van der Waals surface area contributed by atoms with Crippen LogP contribution in [0.25, 0.3) is 0 Å². The van der Waals surface area contributed by atoms with E-state index in [9.17, 15) is 8.42 Å². The molecular weight excluding hydrogens is 346 g/mol. The number of hydrogen-bond donors (Lipinski definition) is 0. The van der Waals surface area contributed by atoms with Crippen LogP contribution >= 0.6 is 11.6 Å². The van der Waals surface area contributed by atoms with Gasteiger partial charge in [0.15, 0.2) is 0 Å². The Morgan fingerprint density at radius 1 is 1.12 bits per heavy atom. The molecule has 2 aliphatic rings. The highest BCUT2D eigenvalue weighted by atomic mass is 35.5. The van der Waals surface area contributed by atoms with E-state index in [0.717, 1.165) is 17.5 Å². The van der Waals surface area contributed by atoms with Crippen LogP contribution in [0.2, 0.25) is 5.02 Å². The lowest BCUT2D eigenvalue weighted by atomic mass is 10.1. The topological polar surface area (TPSA) is 46.6 Å². The summed E-state index contributed by atoms with van der Waals surface area (Å²) >= 11 is 5.94. The van der Waals surface area contributed by atoms with Crippen LogP contribution in [0.15, 0.2) is 48.5 Å². The Labute approximate surface area is 147 Å². The number of hydrogen-bond acceptors (Lipinski definition) is 3. The molecule has 0 radical (unpaired) electrons. The van der Waals surface area contributed by atoms with Gasteiger partial charge in [-0.25, -0.2) is 8.42 Å². The maximum atomic E-state index is 12.8. The first-order valence-corrected chi connectivity index (χ1v) is 9.97. The summed E-state index contributed by atoms with van der Waals surface area (Å²) in [5, 5.41) is 0.643. The molecule has 1 saturated heterocycles. The molecule has 2 aromatic rings. The van der Waals surface area contributed by atoms with E-state index in [4.69, 9.17) is 16.3 Å². The highest BCUT2D eigenvalue weighted by molar-refractivity contribution is 7.89. The van der Waals surface area contributed by atoms with Crippen LogP contribution in [0.3, 0.4) is 0 Å². The number of fused-ring (bicyclic) bond motifs is 3. The van der Waals surface area contributed by atoms with Gasteiger partial charge in [-0.3, -0.25) is 0 Å². The zero-order valence-corrected chi connectivity index (χ0v) is 14.6. The van der Waals surface area contributed by atoms with Crippen molar-refractivity contribution in [3.8, 4) is 0 Å². The standard InChI is InChI=1S/C18H18ClNO3S/c19-15-7-5-13(6-8-15)12-20-18-16-4-2-1-3-14(16)11-17(18)23-9-10-24(20,21)22/h1-8,17-18H,9-12H2/t17-,18+/m0/s1. The van der Waals surface area contributed by atoms with Gasteiger partial charge in [-0.2, -0.15) is 4.31 Å². The van der Waals surface area contributed by atoms with Crippen LogP contribution in [0.5, 0.6) is 0 Å². The van der Waals surface area contributed by atoms with Crippen LogP contribution in [0.4, 0.5) is 0 Å². The third-order valence-electron chi connectivity index (χ3n) is 4.74. The molecule has 1 fully saturated rings. The van der Waals surface area contributed by atoms with Crippen molar-refractivity contribution in [3.05, 3.63) is 70.2 Å². The lowest BCUT2D eigenvalue weighted by Crippen LogP contribution is -2.37. The van der Waals surface area contributed by atoms with Crippen molar-refractivity contribution in [1.82, 2.24) is 4.31 Å². The van der Waals surface area contributed by atoms with Gasteiger partial charge in [-0.1, -0.05) is 48.0 Å². The molecule has 0 bridgehead atoms. The fourth-order valence-electron chi connectivity index (χ4n) is 3.59. The number of halogens is 1. The monoisotopic (exact) mass is 363 g/mol. The lowest BCUT2D eigenvalue weighted by Gasteiger charge is -2.29. The van der Waals surface area contributed by atoms with Gasteiger partial charge in [-0.05, 0) is 28.8 Å². The van der Waals surface area contributed by atoms with Gasteiger partial charge >= 0.3 is 0 Å². The highest BCUT2D eigenvalue weighted by Crippen LogP contribution is 2.41. The third-order valence-corrected chi connectivity index (χ3v) is 6.74. The van der Waals surface area contributed by atoms with E-state index in [1.807, 2.05) is 30.3 Å². The molecule has 1 aliphatic carbocycles. The molecule has 0 N–H and O–H groups in total. The van der Waals surface area contributed by atoms with Gasteiger partial charge < -0.3 is 4.74 Å². The normalized spacial score (nSPS) is 25.7. The molecule has 0 spiro atoms. The molecule has 0 saturated carbocycles. The van der Waals surface area contributed by atoms with E-state index in [1.54, 1.807) is 16.4 Å². The summed E-state index contributed by atoms with van der Waals surface area (Å²) < 4.78 is 33.2. The van der Waals surface area contributed by atoms with Gasteiger partial charge in [0.2, 0.25) is 10.0 Å². The summed E-state index contributed by atoms with van der Waals surface area (Å²) in [6.45, 7) is 0.576. The molecule has 0 unspecified atom stereocenters. The van der Waals surface area contributed by atoms with Crippen molar-refractivity contribution in [2.24, 2.45) is 0 Å². The first-order chi connectivity index (χ1) is 11.5. The minimum Gasteiger partial charge on any atom is -0.375 e. The first kappa shape index (κ1) is 16.1. The number of nitrogens with zero attached hydrogens (tertiary/aromatic N) is 1. The van der Waals surface area contributed by atoms with Gasteiger partial charge in [-0.15, -0.1) is 0 Å². The van der Waals surface area contributed by atoms with Crippen molar-refractivity contribution in [2.45, 2.75) is 25.1 Å². The Morgan fingerprint density at radius 2 is 1.88 bits per heavy atom. The van der Waals surface area contributed by atoms with Gasteiger partial charge in [0.25, 0.3) is 0 Å². The maximum Gasteiger partial charge on any atom is 0.217 e. The lowest BCUT2D eigenvalue weighted by molar-refractivity contribution is 0.0321. The van der Waals surface area contributed by atoms with Crippen molar-refractivity contribution < 1.29 is 13.2 Å². The van der Waals surface area contributed by atoms with Crippen LogP contribution in [0, 0.1) is 0 Å². The van der Waals surface area contributed by atoms with Crippen molar-refractivity contribution in [2.75, 3.05) is 12.4 Å². The SMILES string of the molecule is O=S1(=O)CCO[C@H]2Cc3ccccc3[C@H]2N1Cc1ccc(Cl)cc1. The summed E-state index contributed by atoms with van der Waals surface area (Å²) in [5.41, 5.74) is 3.15. The highest BCUT2D eigenvalue weighted by Gasteiger charge is 2.44. The molecule has 6 heteroatoms. The molecule has 126 valence electrons. The Hall–Kier alpha value is -1.40. The summed E-state index contributed by atoms with van der Waals surface area (Å²) in [7, 11) is -3.39. The second-order valence-electron chi connectivity index (χ2n) is 6.24. The average molecular weight is 364 g/mol. The fraction of sp³-hybridized carbons (Fsp3) is 0.333. The Bertz CT molecular complexity index is 851. The van der Waals surface area contributed by atoms with Crippen LogP contribution in [-0.2, 0) is 27.7 Å². The second-order valence-corrected chi connectivity index (χ2v) is 8.72. The van der Waals surface area contributed by atoms with Gasteiger partial charge in [0.1, 0.15) is 0 Å². The van der Waals surface area contributed by atoms with Crippen molar-refractivity contribution in [3.63, 3.8) is 0 Å². The van der Waals surface area contributed by atoms with Crippen LogP contribution < -0.4 is 0 Å². The smallest absolute Gasteiger partial charge is 0.217 e. The van der Waals surface area contributed by atoms with Crippen LogP contribution in [0.1, 0.15) is 22.7 Å². The van der Waals surface area contributed by atoms with E-state index in [-0.39, 0.29) is 24.5 Å². The van der Waals surface area contributed by atoms with Crippen LogP contribution in [-0.4, -0.2) is 31.2 Å². The molecule has 2 atom stereocenters. The molecule has 1 aliphatic heterocycles. The largest absolute Gasteiger partial charge is 0.375 e. The number of sulfonamides is 1. The first-order valence-electron chi connectivity index (χ1n) is 7.98. The Balaban J connectivity index is 1.76. The molecule has 4 rings (SSSR count). The predicted octanol–water partition coefficient (Wildman–Crippen LogP) is 3.17. The van der Waals surface area contributed by atoms with Gasteiger partial charge in [0, 0.05) is 18.0 Å². The zero-order valence-electron chi connectivity index (χ0n) is 13.1. The summed E-state index contributed by atoms with van der Waals surface area (Å²) in [5.74, 6) is 0.0236. The second kappa shape index (κ2) is 6.15.